The molecule has 0 saturated carbocycles. The van der Waals surface area contributed by atoms with Crippen molar-refractivity contribution in [1.82, 2.24) is 45.4 Å². The number of aromatic nitrogens is 9. The lowest BCUT2D eigenvalue weighted by Crippen LogP contribution is -2.19. The molecule has 27 heavy (non-hydrogen) atoms. The number of amides is 1. The molecule has 0 aromatic carbocycles. The third-order valence-corrected chi connectivity index (χ3v) is 3.27. The Bertz CT molecular complexity index is 996. The number of rotatable bonds is 5. The third kappa shape index (κ3) is 3.65. The van der Waals surface area contributed by atoms with Gasteiger partial charge in [-0.15, -0.1) is 15.3 Å². The number of alkyl halides is 3. The van der Waals surface area contributed by atoms with Crippen LogP contribution in [0.15, 0.2) is 6.07 Å². The fourth-order valence-corrected chi connectivity index (χ4v) is 2.16. The highest BCUT2D eigenvalue weighted by Crippen LogP contribution is 2.35. The Balaban J connectivity index is 2.14. The van der Waals surface area contributed by atoms with Crippen molar-refractivity contribution < 1.29 is 22.7 Å². The standard InChI is InChI=1S/C12H11F3N10O2/c1-24-10(19-21-23-24)5-3-6(12(13,14)15)17-11(8(5)9(16)26)27-4-7-18-22-25(2)20-7/h3H,4H2,1-2H3,(H2,16,26). The molecule has 0 aliphatic rings. The summed E-state index contributed by atoms with van der Waals surface area (Å²) in [5.41, 5.74) is 3.34. The molecular formula is C12H11F3N10O2. The second kappa shape index (κ2) is 6.58. The molecule has 3 aromatic rings. The Morgan fingerprint density at radius 2 is 2.00 bits per heavy atom. The van der Waals surface area contributed by atoms with Gasteiger partial charge in [0.1, 0.15) is 11.3 Å². The van der Waals surface area contributed by atoms with Crippen LogP contribution in [0.5, 0.6) is 5.88 Å². The number of nitrogens with two attached hydrogens (primary N) is 1. The highest BCUT2D eigenvalue weighted by molar-refractivity contribution is 6.01. The van der Waals surface area contributed by atoms with Gasteiger partial charge in [-0.1, -0.05) is 0 Å². The number of tetrazole rings is 2. The zero-order valence-corrected chi connectivity index (χ0v) is 13.8. The minimum atomic E-state index is -4.82. The van der Waals surface area contributed by atoms with E-state index in [0.717, 1.165) is 9.48 Å². The van der Waals surface area contributed by atoms with Gasteiger partial charge < -0.3 is 10.5 Å². The van der Waals surface area contributed by atoms with Crippen molar-refractivity contribution in [3.63, 3.8) is 0 Å². The van der Waals surface area contributed by atoms with E-state index in [1.54, 1.807) is 0 Å². The average molecular weight is 384 g/mol. The second-order valence-corrected chi connectivity index (χ2v) is 5.21. The average Bonchev–Trinajstić information content (AvgIpc) is 3.19. The lowest BCUT2D eigenvalue weighted by Gasteiger charge is -2.14. The summed E-state index contributed by atoms with van der Waals surface area (Å²) in [7, 11) is 2.88. The molecule has 142 valence electrons. The van der Waals surface area contributed by atoms with Crippen LogP contribution in [0, 0.1) is 0 Å². The Hall–Kier alpha value is -3.65. The molecule has 15 heteroatoms. The van der Waals surface area contributed by atoms with Gasteiger partial charge in [-0.3, -0.25) is 4.79 Å². The molecule has 0 atom stereocenters. The van der Waals surface area contributed by atoms with Crippen LogP contribution in [0.3, 0.4) is 0 Å². The molecule has 12 nitrogen and oxygen atoms in total. The molecular weight excluding hydrogens is 373 g/mol. The van der Waals surface area contributed by atoms with Crippen molar-refractivity contribution in [3.05, 3.63) is 23.1 Å². The summed E-state index contributed by atoms with van der Waals surface area (Å²) in [4.78, 5) is 16.4. The van der Waals surface area contributed by atoms with Crippen LogP contribution < -0.4 is 10.5 Å². The van der Waals surface area contributed by atoms with Crippen molar-refractivity contribution in [2.75, 3.05) is 0 Å². The molecule has 0 aliphatic carbocycles. The summed E-state index contributed by atoms with van der Waals surface area (Å²) in [6.07, 6.45) is -4.82. The van der Waals surface area contributed by atoms with E-state index in [0.29, 0.717) is 6.07 Å². The fourth-order valence-electron chi connectivity index (χ4n) is 2.16. The molecule has 2 N–H and O–H groups in total. The Morgan fingerprint density at radius 1 is 1.26 bits per heavy atom. The van der Waals surface area contributed by atoms with Crippen molar-refractivity contribution in [2.45, 2.75) is 12.8 Å². The van der Waals surface area contributed by atoms with Gasteiger partial charge in [0.15, 0.2) is 12.4 Å². The molecule has 3 rings (SSSR count). The molecule has 0 bridgehead atoms. The van der Waals surface area contributed by atoms with E-state index in [1.807, 2.05) is 0 Å². The molecule has 0 unspecified atom stereocenters. The summed E-state index contributed by atoms with van der Waals surface area (Å²) in [5.74, 6) is -1.78. The first-order valence-corrected chi connectivity index (χ1v) is 7.17. The van der Waals surface area contributed by atoms with Crippen molar-refractivity contribution in [1.29, 1.82) is 0 Å². The number of halogens is 3. The molecule has 1 amide bonds. The van der Waals surface area contributed by atoms with Crippen LogP contribution in [-0.2, 0) is 26.9 Å². The second-order valence-electron chi connectivity index (χ2n) is 5.21. The van der Waals surface area contributed by atoms with Crippen molar-refractivity contribution >= 4 is 5.91 Å². The third-order valence-electron chi connectivity index (χ3n) is 3.27. The van der Waals surface area contributed by atoms with Gasteiger partial charge in [-0.2, -0.15) is 18.0 Å². The SMILES string of the molecule is Cn1nnc(COc2nc(C(F)(F)F)cc(-c3nnnn3C)c2C(N)=O)n1. The zero-order chi connectivity index (χ0) is 19.8. The van der Waals surface area contributed by atoms with Crippen LogP contribution >= 0.6 is 0 Å². The summed E-state index contributed by atoms with van der Waals surface area (Å²) in [5, 5.41) is 21.5. The Kier molecular flexibility index (Phi) is 4.42. The first-order chi connectivity index (χ1) is 12.7. The molecule has 0 fully saturated rings. The normalized spacial score (nSPS) is 11.6. The number of aryl methyl sites for hydroxylation is 2. The highest BCUT2D eigenvalue weighted by Gasteiger charge is 2.36. The maximum absolute atomic E-state index is 13.3. The zero-order valence-electron chi connectivity index (χ0n) is 13.8. The van der Waals surface area contributed by atoms with Gasteiger partial charge in [0.2, 0.25) is 11.7 Å². The van der Waals surface area contributed by atoms with E-state index in [1.165, 1.54) is 14.1 Å². The van der Waals surface area contributed by atoms with Crippen LogP contribution in [0.2, 0.25) is 0 Å². The Morgan fingerprint density at radius 3 is 2.52 bits per heavy atom. The first-order valence-electron chi connectivity index (χ1n) is 7.17. The Labute approximate surface area is 148 Å². The van der Waals surface area contributed by atoms with Crippen LogP contribution in [0.4, 0.5) is 13.2 Å². The quantitative estimate of drug-likeness (QED) is 0.613. The van der Waals surface area contributed by atoms with Crippen LogP contribution in [0.1, 0.15) is 21.9 Å². The summed E-state index contributed by atoms with van der Waals surface area (Å²) in [6, 6.07) is 0.624. The number of nitrogens with zero attached hydrogens (tertiary/aromatic N) is 9. The minimum absolute atomic E-state index is 0.0639. The van der Waals surface area contributed by atoms with Gasteiger partial charge >= 0.3 is 6.18 Å². The van der Waals surface area contributed by atoms with Crippen molar-refractivity contribution in [3.8, 4) is 17.3 Å². The van der Waals surface area contributed by atoms with Gasteiger partial charge in [-0.05, 0) is 21.7 Å². The topological polar surface area (TPSA) is 152 Å². The van der Waals surface area contributed by atoms with Crippen molar-refractivity contribution in [2.24, 2.45) is 19.8 Å². The summed E-state index contributed by atoms with van der Waals surface area (Å²) >= 11 is 0. The predicted molar refractivity (Wildman–Crippen MR) is 78.7 cm³/mol. The van der Waals surface area contributed by atoms with Crippen LogP contribution in [-0.4, -0.2) is 51.3 Å². The molecule has 3 heterocycles. The fraction of sp³-hybridized carbons (Fsp3) is 0.333. The largest absolute Gasteiger partial charge is 0.469 e. The smallest absolute Gasteiger partial charge is 0.433 e. The number of hydrogen-bond acceptors (Lipinski definition) is 9. The molecule has 3 aromatic heterocycles. The van der Waals surface area contributed by atoms with E-state index >= 15 is 0 Å². The monoisotopic (exact) mass is 384 g/mol. The summed E-state index contributed by atoms with van der Waals surface area (Å²) in [6.45, 7) is -0.390. The highest BCUT2D eigenvalue weighted by atomic mass is 19.4. The van der Waals surface area contributed by atoms with E-state index < -0.39 is 29.2 Å². The molecule has 0 saturated heterocycles. The summed E-state index contributed by atoms with van der Waals surface area (Å²) < 4.78 is 46.1. The van der Waals surface area contributed by atoms with E-state index in [-0.39, 0.29) is 23.8 Å². The van der Waals surface area contributed by atoms with E-state index in [4.69, 9.17) is 10.5 Å². The number of carbonyl (C=O) groups excluding carboxylic acids is 1. The van der Waals surface area contributed by atoms with E-state index in [9.17, 15) is 18.0 Å². The van der Waals surface area contributed by atoms with Gasteiger partial charge in [0.25, 0.3) is 5.91 Å². The molecule has 0 spiro atoms. The van der Waals surface area contributed by atoms with E-state index in [2.05, 4.69) is 35.9 Å². The number of carbonyl (C=O) groups is 1. The number of primary amides is 1. The van der Waals surface area contributed by atoms with Gasteiger partial charge in [0, 0.05) is 12.6 Å². The predicted octanol–water partition coefficient (Wildman–Crippen LogP) is -0.508. The van der Waals surface area contributed by atoms with Crippen LogP contribution in [0.25, 0.3) is 11.4 Å². The maximum atomic E-state index is 13.3. The maximum Gasteiger partial charge on any atom is 0.433 e. The first kappa shape index (κ1) is 18.2. The number of ether oxygens (including phenoxy) is 1. The van der Waals surface area contributed by atoms with Gasteiger partial charge in [0.05, 0.1) is 7.05 Å². The lowest BCUT2D eigenvalue weighted by atomic mass is 10.1. The van der Waals surface area contributed by atoms with Gasteiger partial charge in [-0.25, -0.2) is 9.67 Å². The molecule has 0 radical (unpaired) electrons. The minimum Gasteiger partial charge on any atom is -0.469 e. The molecule has 0 aliphatic heterocycles. The number of pyridine rings is 1. The lowest BCUT2D eigenvalue weighted by molar-refractivity contribution is -0.141. The number of hydrogen-bond donors (Lipinski definition) is 1.